The molecule has 1 fully saturated rings. The molecule has 28 heavy (non-hydrogen) atoms. The van der Waals surface area contributed by atoms with Crippen molar-refractivity contribution in [3.8, 4) is 11.5 Å². The lowest BCUT2D eigenvalue weighted by Gasteiger charge is -2.17. The molecule has 1 aliphatic heterocycles. The first-order valence-corrected chi connectivity index (χ1v) is 10.6. The van der Waals surface area contributed by atoms with E-state index in [0.29, 0.717) is 13.2 Å². The van der Waals surface area contributed by atoms with E-state index >= 15 is 0 Å². The predicted octanol–water partition coefficient (Wildman–Crippen LogP) is 5.82. The van der Waals surface area contributed by atoms with Crippen LogP contribution in [0.1, 0.15) is 51.0 Å². The maximum absolute atomic E-state index is 6.03. The fourth-order valence-electron chi connectivity index (χ4n) is 3.39. The van der Waals surface area contributed by atoms with Crippen LogP contribution in [0.3, 0.4) is 0 Å². The van der Waals surface area contributed by atoms with Crippen LogP contribution in [-0.4, -0.2) is 25.9 Å². The summed E-state index contributed by atoms with van der Waals surface area (Å²) in [7, 11) is 0. The van der Waals surface area contributed by atoms with Gasteiger partial charge in [-0.05, 0) is 37.5 Å². The number of anilines is 1. The van der Waals surface area contributed by atoms with Crippen molar-refractivity contribution >= 4 is 5.69 Å². The second-order valence-corrected chi connectivity index (χ2v) is 7.31. The predicted molar refractivity (Wildman–Crippen MR) is 114 cm³/mol. The zero-order valence-corrected chi connectivity index (χ0v) is 17.0. The van der Waals surface area contributed by atoms with Crippen LogP contribution in [0.15, 0.2) is 48.5 Å². The van der Waals surface area contributed by atoms with Crippen LogP contribution in [0.4, 0.5) is 5.69 Å². The molecule has 3 rings (SSSR count). The molecule has 1 unspecified atom stereocenters. The minimum atomic E-state index is 0.217. The summed E-state index contributed by atoms with van der Waals surface area (Å²) in [6.45, 7) is 5.16. The second-order valence-electron chi connectivity index (χ2n) is 7.31. The van der Waals surface area contributed by atoms with E-state index in [4.69, 9.17) is 14.2 Å². The van der Waals surface area contributed by atoms with E-state index < -0.39 is 0 Å². The molecule has 1 heterocycles. The van der Waals surface area contributed by atoms with Crippen LogP contribution in [0, 0.1) is 0 Å². The maximum Gasteiger partial charge on any atom is 0.142 e. The zero-order chi connectivity index (χ0) is 19.4. The first-order valence-electron chi connectivity index (χ1n) is 10.6. The summed E-state index contributed by atoms with van der Waals surface area (Å²) in [5.41, 5.74) is 2.16. The second kappa shape index (κ2) is 11.6. The smallest absolute Gasteiger partial charge is 0.142 e. The highest BCUT2D eigenvalue weighted by molar-refractivity contribution is 5.56. The van der Waals surface area contributed by atoms with Crippen molar-refractivity contribution in [1.82, 2.24) is 0 Å². The molecule has 0 aliphatic carbocycles. The van der Waals surface area contributed by atoms with E-state index in [1.807, 2.05) is 24.3 Å². The molecule has 2 aromatic rings. The Balaban J connectivity index is 1.53. The highest BCUT2D eigenvalue weighted by Gasteiger charge is 2.16. The molecular formula is C24H33NO3. The fourth-order valence-corrected chi connectivity index (χ4v) is 3.39. The third-order valence-corrected chi connectivity index (χ3v) is 5.03. The summed E-state index contributed by atoms with van der Waals surface area (Å²) in [4.78, 5) is 0. The molecule has 0 radical (unpaired) electrons. The number of para-hydroxylation sites is 3. The Morgan fingerprint density at radius 3 is 2.61 bits per heavy atom. The largest absolute Gasteiger partial charge is 0.493 e. The Bertz CT molecular complexity index is 698. The summed E-state index contributed by atoms with van der Waals surface area (Å²) in [6.07, 6.45) is 7.28. The Morgan fingerprint density at radius 1 is 0.964 bits per heavy atom. The van der Waals surface area contributed by atoms with Crippen LogP contribution in [0.2, 0.25) is 0 Å². The average molecular weight is 384 g/mol. The van der Waals surface area contributed by atoms with Crippen molar-refractivity contribution in [2.24, 2.45) is 0 Å². The van der Waals surface area contributed by atoms with E-state index in [1.54, 1.807) is 0 Å². The van der Waals surface area contributed by atoms with Gasteiger partial charge in [0, 0.05) is 18.7 Å². The zero-order valence-electron chi connectivity index (χ0n) is 17.0. The van der Waals surface area contributed by atoms with E-state index in [-0.39, 0.29) is 6.10 Å². The summed E-state index contributed by atoms with van der Waals surface area (Å²) >= 11 is 0. The molecule has 1 N–H and O–H groups in total. The van der Waals surface area contributed by atoms with Crippen LogP contribution in [0.25, 0.3) is 0 Å². The molecule has 0 amide bonds. The van der Waals surface area contributed by atoms with Crippen molar-refractivity contribution in [3.05, 3.63) is 54.1 Å². The van der Waals surface area contributed by atoms with Crippen molar-refractivity contribution in [3.63, 3.8) is 0 Å². The van der Waals surface area contributed by atoms with E-state index in [0.717, 1.165) is 55.2 Å². The monoisotopic (exact) mass is 383 g/mol. The molecule has 1 aliphatic rings. The van der Waals surface area contributed by atoms with Gasteiger partial charge in [-0.25, -0.2) is 0 Å². The average Bonchev–Trinajstić information content (AvgIpc) is 3.25. The van der Waals surface area contributed by atoms with E-state index in [2.05, 4.69) is 36.5 Å². The van der Waals surface area contributed by atoms with Crippen LogP contribution in [-0.2, 0) is 11.3 Å². The van der Waals surface area contributed by atoms with Crippen molar-refractivity contribution in [2.45, 2.75) is 58.1 Å². The lowest BCUT2D eigenvalue weighted by molar-refractivity contribution is 0.0682. The van der Waals surface area contributed by atoms with Gasteiger partial charge in [0.2, 0.25) is 0 Å². The Labute approximate surface area is 169 Å². The van der Waals surface area contributed by atoms with Crippen molar-refractivity contribution in [1.29, 1.82) is 0 Å². The maximum atomic E-state index is 6.03. The molecule has 0 spiro atoms. The van der Waals surface area contributed by atoms with E-state index in [9.17, 15) is 0 Å². The first-order chi connectivity index (χ1) is 13.9. The quantitative estimate of drug-likeness (QED) is 0.469. The van der Waals surface area contributed by atoms with Gasteiger partial charge in [-0.1, -0.05) is 56.5 Å². The summed E-state index contributed by atoms with van der Waals surface area (Å²) in [5.74, 6) is 1.83. The van der Waals surface area contributed by atoms with Gasteiger partial charge in [-0.3, -0.25) is 0 Å². The van der Waals surface area contributed by atoms with Crippen molar-refractivity contribution in [2.75, 3.05) is 25.1 Å². The summed E-state index contributed by atoms with van der Waals surface area (Å²) in [5, 5.41) is 3.51. The standard InChI is InChI=1S/C24H33NO3/c1-2-3-4-9-16-27-23-14-7-5-11-20(23)18-25-22-13-6-8-15-24(22)28-19-21-12-10-17-26-21/h5-8,11,13-15,21,25H,2-4,9-10,12,16-19H2,1H3. The molecule has 0 aromatic heterocycles. The Morgan fingerprint density at radius 2 is 1.79 bits per heavy atom. The number of nitrogens with one attached hydrogen (secondary N) is 1. The van der Waals surface area contributed by atoms with Gasteiger partial charge in [0.25, 0.3) is 0 Å². The number of rotatable bonds is 12. The lowest BCUT2D eigenvalue weighted by atomic mass is 10.2. The summed E-state index contributed by atoms with van der Waals surface area (Å²) < 4.78 is 17.7. The van der Waals surface area contributed by atoms with E-state index in [1.165, 1.54) is 19.3 Å². The molecule has 4 heteroatoms. The van der Waals surface area contributed by atoms with Gasteiger partial charge in [-0.2, -0.15) is 0 Å². The highest BCUT2D eigenvalue weighted by atomic mass is 16.5. The fraction of sp³-hybridized carbons (Fsp3) is 0.500. The molecule has 1 saturated heterocycles. The third-order valence-electron chi connectivity index (χ3n) is 5.03. The van der Waals surface area contributed by atoms with Crippen molar-refractivity contribution < 1.29 is 14.2 Å². The molecule has 4 nitrogen and oxygen atoms in total. The minimum absolute atomic E-state index is 0.217. The Kier molecular flexibility index (Phi) is 8.51. The topological polar surface area (TPSA) is 39.7 Å². The SMILES string of the molecule is CCCCCCOc1ccccc1CNc1ccccc1OCC1CCCO1. The highest BCUT2D eigenvalue weighted by Crippen LogP contribution is 2.27. The molecule has 1 atom stereocenters. The molecular weight excluding hydrogens is 350 g/mol. The lowest BCUT2D eigenvalue weighted by Crippen LogP contribution is -2.17. The van der Waals surface area contributed by atoms with Crippen LogP contribution < -0.4 is 14.8 Å². The molecule has 152 valence electrons. The number of unbranched alkanes of at least 4 members (excludes halogenated alkanes) is 3. The number of hydrogen-bond acceptors (Lipinski definition) is 4. The van der Waals surface area contributed by atoms with Gasteiger partial charge in [0.1, 0.15) is 18.1 Å². The van der Waals surface area contributed by atoms with Gasteiger partial charge < -0.3 is 19.5 Å². The van der Waals surface area contributed by atoms with Gasteiger partial charge in [0.05, 0.1) is 18.4 Å². The molecule has 2 aromatic carbocycles. The minimum Gasteiger partial charge on any atom is -0.493 e. The normalized spacial score (nSPS) is 16.1. The number of hydrogen-bond donors (Lipinski definition) is 1. The van der Waals surface area contributed by atoms with Crippen LogP contribution >= 0.6 is 0 Å². The molecule has 0 saturated carbocycles. The Hall–Kier alpha value is -2.20. The number of benzene rings is 2. The molecule has 0 bridgehead atoms. The summed E-state index contributed by atoms with van der Waals surface area (Å²) in [6, 6.07) is 16.3. The van der Waals surface area contributed by atoms with Gasteiger partial charge in [0.15, 0.2) is 0 Å². The first kappa shape index (κ1) is 20.5. The van der Waals surface area contributed by atoms with Gasteiger partial charge >= 0.3 is 0 Å². The third kappa shape index (κ3) is 6.45. The van der Waals surface area contributed by atoms with Gasteiger partial charge in [-0.15, -0.1) is 0 Å². The van der Waals surface area contributed by atoms with Crippen LogP contribution in [0.5, 0.6) is 11.5 Å². The number of ether oxygens (including phenoxy) is 3.